The van der Waals surface area contributed by atoms with E-state index in [1.54, 1.807) is 0 Å². The highest BCUT2D eigenvalue weighted by molar-refractivity contribution is 5.66. The van der Waals surface area contributed by atoms with Gasteiger partial charge in [0.05, 0.1) is 0 Å². The molecular weight excluding hydrogens is 180 g/mol. The lowest BCUT2D eigenvalue weighted by Gasteiger charge is -2.08. The number of rotatable bonds is 3. The molecule has 1 amide bonds. The second-order valence-corrected chi connectivity index (χ2v) is 2.96. The molecule has 0 radical (unpaired) electrons. The van der Waals surface area contributed by atoms with Crippen LogP contribution in [-0.2, 0) is 4.74 Å². The Balaban J connectivity index is 2.43. The lowest BCUT2D eigenvalue weighted by molar-refractivity contribution is -0.431. The highest BCUT2D eigenvalue weighted by Crippen LogP contribution is 2.07. The summed E-state index contributed by atoms with van der Waals surface area (Å²) in [6.07, 6.45) is -0.422. The first kappa shape index (κ1) is 10.5. The number of hydrogen-bond donors (Lipinski definition) is 2. The summed E-state index contributed by atoms with van der Waals surface area (Å²) in [5.41, 5.74) is 4.98. The summed E-state index contributed by atoms with van der Waals surface area (Å²) < 4.78 is 4.89. The number of hydrogen-bond acceptors (Lipinski definition) is 2. The lowest BCUT2D eigenvalue weighted by atomic mass is 10.1. The zero-order valence-electron chi connectivity index (χ0n) is 8.19. The summed E-state index contributed by atoms with van der Waals surface area (Å²) in [4.78, 5) is 10.8. The lowest BCUT2D eigenvalue weighted by Crippen LogP contribution is -2.56. The molecule has 0 aromatic heterocycles. The van der Waals surface area contributed by atoms with Gasteiger partial charge in [-0.15, -0.1) is 0 Å². The van der Waals surface area contributed by atoms with E-state index in [0.717, 1.165) is 5.56 Å². The molecule has 0 unspecified atom stereocenters. The van der Waals surface area contributed by atoms with Gasteiger partial charge in [-0.2, -0.15) is 0 Å². The van der Waals surface area contributed by atoms with Crippen molar-refractivity contribution in [2.24, 2.45) is 0 Å². The molecule has 1 aromatic rings. The molecule has 0 aliphatic heterocycles. The van der Waals surface area contributed by atoms with Gasteiger partial charge < -0.3 is 15.8 Å². The molecular formula is C10H15N2O2+. The van der Waals surface area contributed by atoms with E-state index in [4.69, 9.17) is 4.74 Å². The van der Waals surface area contributed by atoms with Crippen molar-refractivity contribution in [3.05, 3.63) is 35.9 Å². The Labute approximate surface area is 83.1 Å². The van der Waals surface area contributed by atoms with Crippen molar-refractivity contribution >= 4 is 6.09 Å². The minimum Gasteiger partial charge on any atom is -0.443 e. The fourth-order valence-corrected chi connectivity index (χ4v) is 1.07. The smallest absolute Gasteiger partial charge is 0.407 e. The molecule has 1 rings (SSSR count). The van der Waals surface area contributed by atoms with Gasteiger partial charge in [-0.25, -0.2) is 4.79 Å². The number of amides is 1. The van der Waals surface area contributed by atoms with Crippen LogP contribution in [0.4, 0.5) is 4.79 Å². The van der Waals surface area contributed by atoms with E-state index < -0.39 is 6.09 Å². The predicted molar refractivity (Wildman–Crippen MR) is 52.5 cm³/mol. The molecule has 1 aromatic carbocycles. The molecule has 0 aliphatic rings. The maximum atomic E-state index is 10.8. The van der Waals surface area contributed by atoms with Gasteiger partial charge in [-0.3, -0.25) is 0 Å². The molecule has 4 N–H and O–H groups in total. The van der Waals surface area contributed by atoms with Crippen molar-refractivity contribution in [1.29, 1.82) is 0 Å². The monoisotopic (exact) mass is 195 g/mol. The van der Waals surface area contributed by atoms with Crippen molar-refractivity contribution in [3.63, 3.8) is 0 Å². The topological polar surface area (TPSA) is 66.0 Å². The van der Waals surface area contributed by atoms with Gasteiger partial charge in [0.15, 0.2) is 0 Å². The number of nitrogens with one attached hydrogen (secondary N) is 1. The van der Waals surface area contributed by atoms with Crippen LogP contribution in [-0.4, -0.2) is 19.7 Å². The van der Waals surface area contributed by atoms with E-state index in [9.17, 15) is 4.79 Å². The summed E-state index contributed by atoms with van der Waals surface area (Å²) >= 11 is 0. The van der Waals surface area contributed by atoms with Crippen LogP contribution < -0.4 is 11.1 Å². The Morgan fingerprint density at radius 3 is 2.71 bits per heavy atom. The first-order valence-corrected chi connectivity index (χ1v) is 4.46. The van der Waals surface area contributed by atoms with Crippen LogP contribution in [0.2, 0.25) is 0 Å². The van der Waals surface area contributed by atoms with Crippen molar-refractivity contribution in [1.82, 2.24) is 5.32 Å². The SMILES string of the molecule is CNC(=O)OC[C@@H]([NH3+])c1ccccc1. The summed E-state index contributed by atoms with van der Waals surface area (Å²) in [6.45, 7) is 0.295. The molecule has 4 heteroatoms. The first-order valence-electron chi connectivity index (χ1n) is 4.46. The number of ether oxygens (including phenoxy) is 1. The first-order chi connectivity index (χ1) is 6.74. The minimum absolute atomic E-state index is 0.0199. The Bertz CT molecular complexity index is 287. The quantitative estimate of drug-likeness (QED) is 0.729. The van der Waals surface area contributed by atoms with E-state index in [2.05, 4.69) is 11.1 Å². The fourth-order valence-electron chi connectivity index (χ4n) is 1.07. The largest absolute Gasteiger partial charge is 0.443 e. The predicted octanol–water partition coefficient (Wildman–Crippen LogP) is 0.326. The number of alkyl carbamates (subject to hydrolysis) is 1. The average Bonchev–Trinajstić information content (AvgIpc) is 2.26. The Hall–Kier alpha value is -1.55. The van der Waals surface area contributed by atoms with Crippen LogP contribution in [0.15, 0.2) is 30.3 Å². The molecule has 14 heavy (non-hydrogen) atoms. The summed E-state index contributed by atoms with van der Waals surface area (Å²) in [6, 6.07) is 9.72. The molecule has 0 bridgehead atoms. The van der Waals surface area contributed by atoms with E-state index in [-0.39, 0.29) is 6.04 Å². The van der Waals surface area contributed by atoms with E-state index >= 15 is 0 Å². The summed E-state index contributed by atoms with van der Waals surface area (Å²) in [5.74, 6) is 0. The molecule has 0 saturated carbocycles. The zero-order valence-corrected chi connectivity index (χ0v) is 8.19. The fraction of sp³-hybridized carbons (Fsp3) is 0.300. The Kier molecular flexibility index (Phi) is 3.94. The Morgan fingerprint density at radius 2 is 2.14 bits per heavy atom. The van der Waals surface area contributed by atoms with Crippen molar-refractivity contribution < 1.29 is 15.3 Å². The minimum atomic E-state index is -0.422. The van der Waals surface area contributed by atoms with Gasteiger partial charge in [0, 0.05) is 12.6 Å². The maximum absolute atomic E-state index is 10.8. The van der Waals surface area contributed by atoms with Gasteiger partial charge in [-0.1, -0.05) is 30.3 Å². The number of carbonyl (C=O) groups excluding carboxylic acids is 1. The van der Waals surface area contributed by atoms with Gasteiger partial charge in [0.2, 0.25) is 0 Å². The molecule has 0 fully saturated rings. The van der Waals surface area contributed by atoms with E-state index in [0.29, 0.717) is 6.61 Å². The highest BCUT2D eigenvalue weighted by Gasteiger charge is 2.10. The van der Waals surface area contributed by atoms with E-state index in [1.807, 2.05) is 30.3 Å². The van der Waals surface area contributed by atoms with E-state index in [1.165, 1.54) is 7.05 Å². The summed E-state index contributed by atoms with van der Waals surface area (Å²) in [5, 5.41) is 2.38. The summed E-state index contributed by atoms with van der Waals surface area (Å²) in [7, 11) is 1.53. The van der Waals surface area contributed by atoms with Gasteiger partial charge >= 0.3 is 6.09 Å². The Morgan fingerprint density at radius 1 is 1.50 bits per heavy atom. The normalized spacial score (nSPS) is 11.9. The zero-order chi connectivity index (χ0) is 10.4. The van der Waals surface area contributed by atoms with Gasteiger partial charge in [-0.05, 0) is 0 Å². The van der Waals surface area contributed by atoms with Crippen LogP contribution >= 0.6 is 0 Å². The van der Waals surface area contributed by atoms with Crippen molar-refractivity contribution in [3.8, 4) is 0 Å². The van der Waals surface area contributed by atoms with Gasteiger partial charge in [0.1, 0.15) is 12.6 Å². The second kappa shape index (κ2) is 5.24. The number of quaternary nitrogens is 1. The second-order valence-electron chi connectivity index (χ2n) is 2.96. The number of carbonyl (C=O) groups is 1. The van der Waals surface area contributed by atoms with Crippen LogP contribution in [0, 0.1) is 0 Å². The molecule has 4 nitrogen and oxygen atoms in total. The van der Waals surface area contributed by atoms with Crippen LogP contribution in [0.3, 0.4) is 0 Å². The third kappa shape index (κ3) is 3.06. The third-order valence-corrected chi connectivity index (χ3v) is 1.89. The highest BCUT2D eigenvalue weighted by atomic mass is 16.5. The third-order valence-electron chi connectivity index (χ3n) is 1.89. The molecule has 0 aliphatic carbocycles. The van der Waals surface area contributed by atoms with Crippen molar-refractivity contribution in [2.45, 2.75) is 6.04 Å². The molecule has 76 valence electrons. The molecule has 0 saturated heterocycles. The van der Waals surface area contributed by atoms with Crippen LogP contribution in [0.5, 0.6) is 0 Å². The average molecular weight is 195 g/mol. The van der Waals surface area contributed by atoms with Crippen LogP contribution in [0.25, 0.3) is 0 Å². The van der Waals surface area contributed by atoms with Crippen LogP contribution in [0.1, 0.15) is 11.6 Å². The molecule has 0 heterocycles. The molecule has 0 spiro atoms. The van der Waals surface area contributed by atoms with Gasteiger partial charge in [0.25, 0.3) is 0 Å². The standard InChI is InChI=1S/C10H14N2O2/c1-12-10(13)14-7-9(11)8-5-3-2-4-6-8/h2-6,9H,7,11H2,1H3,(H,12,13)/p+1/t9-/m1/s1. The van der Waals surface area contributed by atoms with Crippen molar-refractivity contribution in [2.75, 3.05) is 13.7 Å². The molecule has 1 atom stereocenters. The number of benzene rings is 1. The maximum Gasteiger partial charge on any atom is 0.407 e.